The van der Waals surface area contributed by atoms with Gasteiger partial charge in [0.2, 0.25) is 5.91 Å². The molecule has 1 heterocycles. The van der Waals surface area contributed by atoms with Crippen molar-refractivity contribution in [2.45, 2.75) is 30.9 Å². The highest BCUT2D eigenvalue weighted by molar-refractivity contribution is 7.99. The van der Waals surface area contributed by atoms with E-state index in [1.165, 1.54) is 16.7 Å². The molecule has 1 N–H and O–H groups in total. The van der Waals surface area contributed by atoms with Crippen LogP contribution in [0.25, 0.3) is 0 Å². The van der Waals surface area contributed by atoms with Crippen molar-refractivity contribution < 1.29 is 14.3 Å². The van der Waals surface area contributed by atoms with E-state index in [2.05, 4.69) is 48.6 Å². The van der Waals surface area contributed by atoms with Crippen LogP contribution < -0.4 is 10.1 Å². The molecule has 28 heavy (non-hydrogen) atoms. The van der Waals surface area contributed by atoms with E-state index in [1.807, 2.05) is 12.1 Å². The lowest BCUT2D eigenvalue weighted by Crippen LogP contribution is -2.45. The van der Waals surface area contributed by atoms with Crippen LogP contribution in [0, 0.1) is 6.92 Å². The number of aryl methyl sites for hydroxylation is 1. The molecule has 0 unspecified atom stereocenters. The van der Waals surface area contributed by atoms with Crippen LogP contribution in [0.15, 0.2) is 48.5 Å². The van der Waals surface area contributed by atoms with Crippen molar-refractivity contribution in [2.75, 3.05) is 32.6 Å². The number of carbonyl (C=O) groups is 1. The molecule has 4 nitrogen and oxygen atoms in total. The van der Waals surface area contributed by atoms with Gasteiger partial charge in [0.15, 0.2) is 0 Å². The van der Waals surface area contributed by atoms with Crippen molar-refractivity contribution in [3.8, 4) is 5.75 Å². The maximum Gasteiger partial charge on any atom is 0.230 e. The zero-order valence-electron chi connectivity index (χ0n) is 16.7. The number of methoxy groups -OCH3 is 1. The first kappa shape index (κ1) is 20.7. The lowest BCUT2D eigenvalue weighted by Gasteiger charge is -2.38. The molecule has 5 heteroatoms. The summed E-state index contributed by atoms with van der Waals surface area (Å²) in [5.41, 5.74) is 3.68. The van der Waals surface area contributed by atoms with Crippen molar-refractivity contribution in [3.05, 3.63) is 65.2 Å². The highest BCUT2D eigenvalue weighted by Gasteiger charge is 2.34. The van der Waals surface area contributed by atoms with Crippen LogP contribution in [-0.4, -0.2) is 38.5 Å². The van der Waals surface area contributed by atoms with Gasteiger partial charge in [0.25, 0.3) is 0 Å². The lowest BCUT2D eigenvalue weighted by molar-refractivity contribution is -0.119. The van der Waals surface area contributed by atoms with Crippen molar-refractivity contribution in [1.82, 2.24) is 5.32 Å². The van der Waals surface area contributed by atoms with Gasteiger partial charge in [0.1, 0.15) is 5.75 Å². The van der Waals surface area contributed by atoms with Crippen LogP contribution in [0.3, 0.4) is 0 Å². The quantitative estimate of drug-likeness (QED) is 0.726. The number of amides is 1. The highest BCUT2D eigenvalue weighted by atomic mass is 32.2. The predicted octanol–water partition coefficient (Wildman–Crippen LogP) is 4.10. The zero-order chi connectivity index (χ0) is 19.8. The van der Waals surface area contributed by atoms with Crippen LogP contribution in [0.2, 0.25) is 0 Å². The van der Waals surface area contributed by atoms with Crippen LogP contribution >= 0.6 is 11.8 Å². The summed E-state index contributed by atoms with van der Waals surface area (Å²) in [7, 11) is 1.67. The molecular weight excluding hydrogens is 370 g/mol. The average molecular weight is 400 g/mol. The van der Waals surface area contributed by atoms with Gasteiger partial charge in [0.05, 0.1) is 12.9 Å². The Morgan fingerprint density at radius 2 is 1.79 bits per heavy atom. The molecule has 0 atom stereocenters. The smallest absolute Gasteiger partial charge is 0.230 e. The SMILES string of the molecule is COc1ccc(C2(CNC(=O)CSCc3ccc(C)cc3)CCOCC2)cc1. The molecule has 0 aliphatic carbocycles. The normalized spacial score (nSPS) is 15.8. The number of benzene rings is 2. The molecular formula is C23H29NO3S. The minimum absolute atomic E-state index is 0.0677. The van der Waals surface area contributed by atoms with Gasteiger partial charge < -0.3 is 14.8 Å². The van der Waals surface area contributed by atoms with E-state index in [0.717, 1.165) is 37.6 Å². The van der Waals surface area contributed by atoms with Crippen LogP contribution in [0.4, 0.5) is 0 Å². The number of rotatable bonds is 8. The number of nitrogens with one attached hydrogen (secondary N) is 1. The summed E-state index contributed by atoms with van der Waals surface area (Å²) in [6, 6.07) is 16.7. The molecule has 1 amide bonds. The first-order valence-corrected chi connectivity index (χ1v) is 10.9. The van der Waals surface area contributed by atoms with Crippen LogP contribution in [0.5, 0.6) is 5.75 Å². The molecule has 2 aromatic carbocycles. The summed E-state index contributed by atoms with van der Waals surface area (Å²) in [5.74, 6) is 2.27. The molecule has 1 aliphatic heterocycles. The fourth-order valence-electron chi connectivity index (χ4n) is 3.54. The lowest BCUT2D eigenvalue weighted by atomic mass is 9.74. The number of hydrogen-bond acceptors (Lipinski definition) is 4. The second kappa shape index (κ2) is 9.99. The van der Waals surface area contributed by atoms with Crippen LogP contribution in [-0.2, 0) is 20.7 Å². The Kier molecular flexibility index (Phi) is 7.40. The summed E-state index contributed by atoms with van der Waals surface area (Å²) in [5, 5.41) is 3.17. The van der Waals surface area contributed by atoms with Crippen molar-refractivity contribution in [3.63, 3.8) is 0 Å². The molecule has 3 rings (SSSR count). The number of hydrogen-bond donors (Lipinski definition) is 1. The van der Waals surface area contributed by atoms with E-state index in [-0.39, 0.29) is 11.3 Å². The van der Waals surface area contributed by atoms with Gasteiger partial charge >= 0.3 is 0 Å². The third-order valence-corrected chi connectivity index (χ3v) is 6.40. The van der Waals surface area contributed by atoms with E-state index >= 15 is 0 Å². The van der Waals surface area contributed by atoms with E-state index < -0.39 is 0 Å². The standard InChI is InChI=1S/C23H29NO3S/c1-18-3-5-19(6-4-18)15-28-16-22(25)24-17-23(11-13-27-14-12-23)20-7-9-21(26-2)10-8-20/h3-10H,11-17H2,1-2H3,(H,24,25). The Morgan fingerprint density at radius 3 is 2.43 bits per heavy atom. The number of ether oxygens (including phenoxy) is 2. The maximum absolute atomic E-state index is 12.4. The van der Waals surface area contributed by atoms with Crippen molar-refractivity contribution in [1.29, 1.82) is 0 Å². The molecule has 1 saturated heterocycles. The van der Waals surface area contributed by atoms with Crippen molar-refractivity contribution >= 4 is 17.7 Å². The fourth-order valence-corrected chi connectivity index (χ4v) is 4.36. The molecule has 0 radical (unpaired) electrons. The van der Waals surface area contributed by atoms with Gasteiger partial charge in [0, 0.05) is 30.9 Å². The predicted molar refractivity (Wildman–Crippen MR) is 115 cm³/mol. The summed E-state index contributed by atoms with van der Waals surface area (Å²) in [6.07, 6.45) is 1.83. The summed E-state index contributed by atoms with van der Waals surface area (Å²) in [6.45, 7) is 4.18. The van der Waals surface area contributed by atoms with Crippen LogP contribution in [0.1, 0.15) is 29.5 Å². The molecule has 1 aliphatic rings. The molecule has 0 saturated carbocycles. The zero-order valence-corrected chi connectivity index (χ0v) is 17.5. The Labute approximate surface area is 172 Å². The first-order valence-electron chi connectivity index (χ1n) is 9.74. The Morgan fingerprint density at radius 1 is 1.11 bits per heavy atom. The summed E-state index contributed by atoms with van der Waals surface area (Å²) >= 11 is 1.65. The first-order chi connectivity index (χ1) is 13.6. The largest absolute Gasteiger partial charge is 0.497 e. The summed E-state index contributed by atoms with van der Waals surface area (Å²) < 4.78 is 10.9. The molecule has 150 valence electrons. The fraction of sp³-hybridized carbons (Fsp3) is 0.435. The summed E-state index contributed by atoms with van der Waals surface area (Å²) in [4.78, 5) is 12.4. The highest BCUT2D eigenvalue weighted by Crippen LogP contribution is 2.35. The van der Waals surface area contributed by atoms with E-state index in [9.17, 15) is 4.79 Å². The van der Waals surface area contributed by atoms with Gasteiger partial charge in [-0.05, 0) is 43.0 Å². The maximum atomic E-state index is 12.4. The molecule has 0 spiro atoms. The van der Waals surface area contributed by atoms with Gasteiger partial charge in [-0.15, -0.1) is 11.8 Å². The minimum Gasteiger partial charge on any atom is -0.497 e. The van der Waals surface area contributed by atoms with Gasteiger partial charge in [-0.3, -0.25) is 4.79 Å². The molecule has 0 bridgehead atoms. The Hall–Kier alpha value is -1.98. The average Bonchev–Trinajstić information content (AvgIpc) is 2.74. The van der Waals surface area contributed by atoms with E-state index in [1.54, 1.807) is 18.9 Å². The number of carbonyl (C=O) groups excluding carboxylic acids is 1. The molecule has 1 fully saturated rings. The molecule has 0 aromatic heterocycles. The van der Waals surface area contributed by atoms with Gasteiger partial charge in [-0.25, -0.2) is 0 Å². The second-order valence-corrected chi connectivity index (χ2v) is 8.36. The molecule has 2 aromatic rings. The Bertz CT molecular complexity index is 752. The van der Waals surface area contributed by atoms with Crippen molar-refractivity contribution in [2.24, 2.45) is 0 Å². The topological polar surface area (TPSA) is 47.6 Å². The third-order valence-electron chi connectivity index (χ3n) is 5.40. The van der Waals surface area contributed by atoms with Gasteiger partial charge in [-0.1, -0.05) is 42.0 Å². The Balaban J connectivity index is 1.54. The number of thioether (sulfide) groups is 1. The monoisotopic (exact) mass is 399 g/mol. The van der Waals surface area contributed by atoms with Gasteiger partial charge in [-0.2, -0.15) is 0 Å². The van der Waals surface area contributed by atoms with E-state index in [4.69, 9.17) is 9.47 Å². The third kappa shape index (κ3) is 5.52. The minimum atomic E-state index is -0.0677. The second-order valence-electron chi connectivity index (χ2n) is 7.38. The van der Waals surface area contributed by atoms with E-state index in [0.29, 0.717) is 12.3 Å².